The number of aliphatic hydroxyl groups excluding tert-OH is 1. The van der Waals surface area contributed by atoms with E-state index < -0.39 is 0 Å². The molecule has 1 unspecified atom stereocenters. The van der Waals surface area contributed by atoms with Crippen LogP contribution in [-0.4, -0.2) is 34.8 Å². The second kappa shape index (κ2) is 7.22. The highest BCUT2D eigenvalue weighted by Gasteiger charge is 2.17. The smallest absolute Gasteiger partial charge is 0.135 e. The standard InChI is InChI=1S/C17H22N4O/c22-12-14-5-4-9-21(10-8-14)17-11-16(18-13-19-17)20-15-6-2-1-3-7-15/h1-3,6-7,11,13-14,22H,4-5,8-10,12H2,(H,18,19,20). The van der Waals surface area contributed by atoms with Crippen LogP contribution in [0.1, 0.15) is 19.3 Å². The molecule has 0 amide bonds. The predicted octanol–water partition coefficient (Wildman–Crippen LogP) is 2.82. The highest BCUT2D eigenvalue weighted by atomic mass is 16.3. The molecule has 1 aliphatic rings. The third kappa shape index (κ3) is 3.74. The maximum Gasteiger partial charge on any atom is 0.135 e. The molecule has 0 bridgehead atoms. The largest absolute Gasteiger partial charge is 0.396 e. The lowest BCUT2D eigenvalue weighted by Crippen LogP contribution is -2.25. The quantitative estimate of drug-likeness (QED) is 0.909. The van der Waals surface area contributed by atoms with Gasteiger partial charge in [-0.2, -0.15) is 0 Å². The van der Waals surface area contributed by atoms with Gasteiger partial charge in [0.1, 0.15) is 18.0 Å². The molecule has 2 N–H and O–H groups in total. The fourth-order valence-corrected chi connectivity index (χ4v) is 2.83. The lowest BCUT2D eigenvalue weighted by Gasteiger charge is -2.22. The van der Waals surface area contributed by atoms with Gasteiger partial charge in [0.15, 0.2) is 0 Å². The molecule has 1 fully saturated rings. The first-order valence-electron chi connectivity index (χ1n) is 7.85. The minimum Gasteiger partial charge on any atom is -0.396 e. The van der Waals surface area contributed by atoms with Crippen molar-refractivity contribution in [2.75, 3.05) is 29.9 Å². The van der Waals surface area contributed by atoms with Crippen LogP contribution in [0.15, 0.2) is 42.7 Å². The monoisotopic (exact) mass is 298 g/mol. The van der Waals surface area contributed by atoms with Gasteiger partial charge in [0.2, 0.25) is 0 Å². The van der Waals surface area contributed by atoms with Crippen molar-refractivity contribution < 1.29 is 5.11 Å². The molecule has 1 aromatic carbocycles. The van der Waals surface area contributed by atoms with E-state index in [2.05, 4.69) is 20.2 Å². The molecule has 1 saturated heterocycles. The van der Waals surface area contributed by atoms with Crippen LogP contribution in [0.25, 0.3) is 0 Å². The van der Waals surface area contributed by atoms with Crippen molar-refractivity contribution in [2.24, 2.45) is 5.92 Å². The van der Waals surface area contributed by atoms with Crippen molar-refractivity contribution in [1.82, 2.24) is 9.97 Å². The maximum absolute atomic E-state index is 9.33. The highest BCUT2D eigenvalue weighted by Crippen LogP contribution is 2.23. The van der Waals surface area contributed by atoms with Crippen molar-refractivity contribution in [3.63, 3.8) is 0 Å². The fourth-order valence-electron chi connectivity index (χ4n) is 2.83. The Morgan fingerprint density at radius 3 is 2.82 bits per heavy atom. The van der Waals surface area contributed by atoms with Gasteiger partial charge >= 0.3 is 0 Å². The Bertz CT molecular complexity index is 590. The number of aliphatic hydroxyl groups is 1. The van der Waals surface area contributed by atoms with Gasteiger partial charge in [-0.05, 0) is 37.3 Å². The van der Waals surface area contributed by atoms with E-state index in [0.29, 0.717) is 12.5 Å². The number of rotatable bonds is 4. The van der Waals surface area contributed by atoms with Crippen LogP contribution in [-0.2, 0) is 0 Å². The van der Waals surface area contributed by atoms with E-state index in [9.17, 15) is 5.11 Å². The Balaban J connectivity index is 1.71. The molecule has 5 nitrogen and oxygen atoms in total. The first-order chi connectivity index (χ1) is 10.8. The summed E-state index contributed by atoms with van der Waals surface area (Å²) in [5.41, 5.74) is 1.02. The summed E-state index contributed by atoms with van der Waals surface area (Å²) < 4.78 is 0. The number of nitrogens with zero attached hydrogens (tertiary/aromatic N) is 3. The molecule has 1 atom stereocenters. The average Bonchev–Trinajstić information content (AvgIpc) is 2.81. The molecule has 3 rings (SSSR count). The van der Waals surface area contributed by atoms with E-state index in [-0.39, 0.29) is 0 Å². The molecule has 0 spiro atoms. The number of para-hydroxylation sites is 1. The number of hydrogen-bond acceptors (Lipinski definition) is 5. The summed E-state index contributed by atoms with van der Waals surface area (Å²) in [6.07, 6.45) is 4.81. The molecule has 1 aromatic heterocycles. The van der Waals surface area contributed by atoms with Crippen LogP contribution in [0.4, 0.5) is 17.3 Å². The topological polar surface area (TPSA) is 61.3 Å². The van der Waals surface area contributed by atoms with Crippen molar-refractivity contribution in [1.29, 1.82) is 0 Å². The molecule has 0 saturated carbocycles. The second-order valence-electron chi connectivity index (χ2n) is 5.72. The Labute approximate surface area is 131 Å². The summed E-state index contributed by atoms with van der Waals surface area (Å²) in [5, 5.41) is 12.6. The van der Waals surface area contributed by atoms with Crippen molar-refractivity contribution >= 4 is 17.3 Å². The summed E-state index contributed by atoms with van der Waals surface area (Å²) in [5.74, 6) is 2.18. The Hall–Kier alpha value is -2.14. The van der Waals surface area contributed by atoms with Gasteiger partial charge in [-0.25, -0.2) is 9.97 Å². The van der Waals surface area contributed by atoms with E-state index in [1.807, 2.05) is 36.4 Å². The molecule has 1 aliphatic heterocycles. The number of aromatic nitrogens is 2. The van der Waals surface area contributed by atoms with Gasteiger partial charge in [0.05, 0.1) is 0 Å². The first-order valence-corrected chi connectivity index (χ1v) is 7.85. The Kier molecular flexibility index (Phi) is 4.85. The van der Waals surface area contributed by atoms with Gasteiger partial charge in [-0.1, -0.05) is 18.2 Å². The summed E-state index contributed by atoms with van der Waals surface area (Å²) in [4.78, 5) is 11.0. The second-order valence-corrected chi connectivity index (χ2v) is 5.72. The molecular weight excluding hydrogens is 276 g/mol. The van der Waals surface area contributed by atoms with Gasteiger partial charge < -0.3 is 15.3 Å². The fraction of sp³-hybridized carbons (Fsp3) is 0.412. The summed E-state index contributed by atoms with van der Waals surface area (Å²) >= 11 is 0. The third-order valence-corrected chi connectivity index (χ3v) is 4.13. The van der Waals surface area contributed by atoms with Gasteiger partial charge in [-0.3, -0.25) is 0 Å². The molecule has 2 heterocycles. The van der Waals surface area contributed by atoms with Crippen molar-refractivity contribution in [3.8, 4) is 0 Å². The SMILES string of the molecule is OCC1CCCN(c2cc(Nc3ccccc3)ncn2)CC1. The van der Waals surface area contributed by atoms with Crippen molar-refractivity contribution in [3.05, 3.63) is 42.7 Å². The third-order valence-electron chi connectivity index (χ3n) is 4.13. The van der Waals surface area contributed by atoms with Crippen LogP contribution in [0.5, 0.6) is 0 Å². The number of benzene rings is 1. The molecular formula is C17H22N4O. The molecule has 22 heavy (non-hydrogen) atoms. The lowest BCUT2D eigenvalue weighted by molar-refractivity contribution is 0.215. The van der Waals surface area contributed by atoms with E-state index in [0.717, 1.165) is 49.7 Å². The number of hydrogen-bond donors (Lipinski definition) is 2. The number of anilines is 3. The van der Waals surface area contributed by atoms with E-state index in [1.165, 1.54) is 0 Å². The average molecular weight is 298 g/mol. The zero-order valence-electron chi connectivity index (χ0n) is 12.7. The van der Waals surface area contributed by atoms with Crippen LogP contribution in [0.2, 0.25) is 0 Å². The van der Waals surface area contributed by atoms with Gasteiger partial charge in [-0.15, -0.1) is 0 Å². The summed E-state index contributed by atoms with van der Waals surface area (Å²) in [7, 11) is 0. The zero-order chi connectivity index (χ0) is 15.2. The summed E-state index contributed by atoms with van der Waals surface area (Å²) in [6.45, 7) is 2.21. The first kappa shape index (κ1) is 14.8. The Morgan fingerprint density at radius 1 is 1.14 bits per heavy atom. The van der Waals surface area contributed by atoms with E-state index >= 15 is 0 Å². The number of nitrogens with one attached hydrogen (secondary N) is 1. The normalized spacial score (nSPS) is 18.8. The molecule has 0 aliphatic carbocycles. The summed E-state index contributed by atoms with van der Waals surface area (Å²) in [6, 6.07) is 12.0. The minimum atomic E-state index is 0.290. The Morgan fingerprint density at radius 2 is 2.00 bits per heavy atom. The maximum atomic E-state index is 9.33. The molecule has 116 valence electrons. The predicted molar refractivity (Wildman–Crippen MR) is 88.4 cm³/mol. The van der Waals surface area contributed by atoms with Gasteiger partial charge in [0.25, 0.3) is 0 Å². The van der Waals surface area contributed by atoms with E-state index in [4.69, 9.17) is 0 Å². The van der Waals surface area contributed by atoms with Gasteiger partial charge in [0, 0.05) is 31.5 Å². The molecule has 5 heteroatoms. The van der Waals surface area contributed by atoms with Crippen LogP contribution < -0.4 is 10.2 Å². The van der Waals surface area contributed by atoms with Crippen LogP contribution in [0, 0.1) is 5.92 Å². The van der Waals surface area contributed by atoms with Crippen LogP contribution >= 0.6 is 0 Å². The molecule has 2 aromatic rings. The lowest BCUT2D eigenvalue weighted by atomic mass is 10.0. The molecule has 0 radical (unpaired) electrons. The highest BCUT2D eigenvalue weighted by molar-refractivity contribution is 5.59. The zero-order valence-corrected chi connectivity index (χ0v) is 12.7. The minimum absolute atomic E-state index is 0.290. The van der Waals surface area contributed by atoms with E-state index in [1.54, 1.807) is 6.33 Å². The van der Waals surface area contributed by atoms with Crippen LogP contribution in [0.3, 0.4) is 0 Å². The van der Waals surface area contributed by atoms with Crippen molar-refractivity contribution in [2.45, 2.75) is 19.3 Å².